The van der Waals surface area contributed by atoms with E-state index in [2.05, 4.69) is 4.98 Å². The first-order valence-corrected chi connectivity index (χ1v) is 8.87. The number of piperidine rings is 1. The summed E-state index contributed by atoms with van der Waals surface area (Å²) in [6, 6.07) is 2.69. The lowest BCUT2D eigenvalue weighted by Crippen LogP contribution is -2.45. The molecular weight excluding hydrogens is 334 g/mol. The summed E-state index contributed by atoms with van der Waals surface area (Å²) in [5, 5.41) is 10.7. The Morgan fingerprint density at radius 3 is 2.71 bits per heavy atom. The number of nitrogens with zero attached hydrogens (tertiary/aromatic N) is 3. The van der Waals surface area contributed by atoms with Gasteiger partial charge in [0.1, 0.15) is 16.8 Å². The summed E-state index contributed by atoms with van der Waals surface area (Å²) in [6.07, 6.45) is 2.11. The number of carbonyl (C=O) groups is 1. The number of carbonyl (C=O) groups excluding carboxylic acids is 1. The van der Waals surface area contributed by atoms with Crippen LogP contribution < -0.4 is 0 Å². The fourth-order valence-electron chi connectivity index (χ4n) is 2.38. The minimum Gasteiger partial charge on any atom is -0.444 e. The Morgan fingerprint density at radius 2 is 2.17 bits per heavy atom. The second kappa shape index (κ2) is 7.25. The second-order valence-corrected chi connectivity index (χ2v) is 8.28. The highest BCUT2D eigenvalue weighted by Crippen LogP contribution is 2.22. The van der Waals surface area contributed by atoms with Gasteiger partial charge in [-0.1, -0.05) is 0 Å². The van der Waals surface area contributed by atoms with Crippen LogP contribution in [0.15, 0.2) is 23.4 Å². The van der Waals surface area contributed by atoms with Crippen molar-refractivity contribution < 1.29 is 18.7 Å². The smallest absolute Gasteiger partial charge is 0.410 e. The third kappa shape index (κ3) is 4.73. The predicted molar refractivity (Wildman–Crippen MR) is 88.1 cm³/mol. The van der Waals surface area contributed by atoms with Gasteiger partial charge in [-0.25, -0.2) is 9.78 Å². The lowest BCUT2D eigenvalue weighted by molar-refractivity contribution is -0.385. The molecule has 0 N–H and O–H groups in total. The summed E-state index contributed by atoms with van der Waals surface area (Å²) in [6.45, 7) is 6.28. The largest absolute Gasteiger partial charge is 0.444 e. The number of likely N-dealkylation sites (tertiary alicyclic amines) is 1. The molecule has 1 aromatic rings. The topological polar surface area (TPSA) is 103 Å². The van der Waals surface area contributed by atoms with Gasteiger partial charge in [-0.05, 0) is 39.7 Å². The Morgan fingerprint density at radius 1 is 1.46 bits per heavy atom. The molecule has 1 fully saturated rings. The SMILES string of the molecule is CC(C)(C)OC(=O)N1CCC[C@H]([S@@](=O)c2ccc([N+](=O)[O-])cn2)C1. The molecule has 1 amide bonds. The number of amides is 1. The summed E-state index contributed by atoms with van der Waals surface area (Å²) in [4.78, 5) is 27.7. The van der Waals surface area contributed by atoms with Crippen LogP contribution in [0.1, 0.15) is 33.6 Å². The van der Waals surface area contributed by atoms with Gasteiger partial charge in [-0.3, -0.25) is 14.3 Å². The van der Waals surface area contributed by atoms with Crippen molar-refractivity contribution in [3.05, 3.63) is 28.4 Å². The van der Waals surface area contributed by atoms with E-state index in [4.69, 9.17) is 4.74 Å². The zero-order valence-corrected chi connectivity index (χ0v) is 14.7. The molecule has 0 bridgehead atoms. The van der Waals surface area contributed by atoms with Crippen LogP contribution in [0.5, 0.6) is 0 Å². The second-order valence-electron chi connectivity index (χ2n) is 6.60. The van der Waals surface area contributed by atoms with E-state index in [1.165, 1.54) is 12.1 Å². The molecule has 0 unspecified atom stereocenters. The Balaban J connectivity index is 2.04. The quantitative estimate of drug-likeness (QED) is 0.609. The zero-order chi connectivity index (χ0) is 17.9. The van der Waals surface area contributed by atoms with Gasteiger partial charge in [0.25, 0.3) is 5.69 Å². The fraction of sp³-hybridized carbons (Fsp3) is 0.600. The van der Waals surface area contributed by atoms with Gasteiger partial charge >= 0.3 is 6.09 Å². The van der Waals surface area contributed by atoms with Crippen molar-refractivity contribution in [3.8, 4) is 0 Å². The number of hydrogen-bond donors (Lipinski definition) is 0. The highest BCUT2D eigenvalue weighted by Gasteiger charge is 2.31. The molecule has 8 nitrogen and oxygen atoms in total. The molecule has 1 saturated heterocycles. The van der Waals surface area contributed by atoms with Gasteiger partial charge in [0.05, 0.1) is 21.0 Å². The summed E-state index contributed by atoms with van der Waals surface area (Å²) >= 11 is 0. The number of aromatic nitrogens is 1. The van der Waals surface area contributed by atoms with Gasteiger partial charge in [0.2, 0.25) is 0 Å². The van der Waals surface area contributed by atoms with E-state index in [1.807, 2.05) is 0 Å². The molecule has 24 heavy (non-hydrogen) atoms. The molecule has 0 saturated carbocycles. The number of nitro groups is 1. The molecule has 0 spiro atoms. The molecule has 1 aliphatic heterocycles. The minimum atomic E-state index is -1.43. The molecule has 1 aromatic heterocycles. The minimum absolute atomic E-state index is 0.144. The molecular formula is C15H21N3O5S. The summed E-state index contributed by atoms with van der Waals surface area (Å²) in [7, 11) is -1.43. The van der Waals surface area contributed by atoms with Gasteiger partial charge in [-0.15, -0.1) is 0 Å². The average molecular weight is 355 g/mol. The number of rotatable bonds is 3. The normalized spacial score (nSPS) is 19.6. The van der Waals surface area contributed by atoms with E-state index >= 15 is 0 Å². The van der Waals surface area contributed by atoms with Crippen molar-refractivity contribution in [3.63, 3.8) is 0 Å². The maximum atomic E-state index is 12.6. The highest BCUT2D eigenvalue weighted by molar-refractivity contribution is 7.85. The number of hydrogen-bond acceptors (Lipinski definition) is 6. The molecule has 2 heterocycles. The monoisotopic (exact) mass is 355 g/mol. The number of pyridine rings is 1. The van der Waals surface area contributed by atoms with Crippen molar-refractivity contribution in [1.82, 2.24) is 9.88 Å². The van der Waals surface area contributed by atoms with E-state index in [0.29, 0.717) is 19.5 Å². The number of ether oxygens (including phenoxy) is 1. The first-order chi connectivity index (χ1) is 11.2. The molecule has 0 aliphatic carbocycles. The van der Waals surface area contributed by atoms with Crippen molar-refractivity contribution in [2.75, 3.05) is 13.1 Å². The van der Waals surface area contributed by atoms with Crippen molar-refractivity contribution >= 4 is 22.6 Å². The standard InChI is InChI=1S/C15H21N3O5S/c1-15(2,3)23-14(19)17-8-4-5-12(10-17)24(22)13-7-6-11(9-16-13)18(20)21/h6-7,9,12H,4-5,8,10H2,1-3H3/t12-,24+/m0/s1. The Kier molecular flexibility index (Phi) is 5.53. The van der Waals surface area contributed by atoms with E-state index in [1.54, 1.807) is 25.7 Å². The van der Waals surface area contributed by atoms with E-state index < -0.39 is 27.4 Å². The lowest BCUT2D eigenvalue weighted by atomic mass is 10.1. The van der Waals surface area contributed by atoms with E-state index in [9.17, 15) is 19.1 Å². The van der Waals surface area contributed by atoms with Crippen LogP contribution in [0, 0.1) is 10.1 Å². The Bertz CT molecular complexity index is 642. The lowest BCUT2D eigenvalue weighted by Gasteiger charge is -2.33. The first kappa shape index (κ1) is 18.3. The maximum Gasteiger partial charge on any atom is 0.410 e. The van der Waals surface area contributed by atoms with Crippen LogP contribution in [0.4, 0.5) is 10.5 Å². The summed E-state index contributed by atoms with van der Waals surface area (Å²) < 4.78 is 18.0. The molecule has 0 radical (unpaired) electrons. The third-order valence-electron chi connectivity index (χ3n) is 3.47. The van der Waals surface area contributed by atoms with Gasteiger partial charge < -0.3 is 9.64 Å². The van der Waals surface area contributed by atoms with E-state index in [0.717, 1.165) is 12.6 Å². The molecule has 9 heteroatoms. The van der Waals surface area contributed by atoms with Crippen molar-refractivity contribution in [1.29, 1.82) is 0 Å². The van der Waals surface area contributed by atoms with Crippen molar-refractivity contribution in [2.24, 2.45) is 0 Å². The molecule has 132 valence electrons. The molecule has 1 aliphatic rings. The van der Waals surface area contributed by atoms with Crippen LogP contribution in [0.3, 0.4) is 0 Å². The van der Waals surface area contributed by atoms with Gasteiger partial charge in [-0.2, -0.15) is 0 Å². The van der Waals surface area contributed by atoms with Crippen LogP contribution in [-0.2, 0) is 15.5 Å². The first-order valence-electron chi connectivity index (χ1n) is 7.66. The Hall–Kier alpha value is -2.03. The molecule has 0 aromatic carbocycles. The Labute approximate surface area is 142 Å². The van der Waals surface area contributed by atoms with Crippen LogP contribution >= 0.6 is 0 Å². The average Bonchev–Trinajstić information content (AvgIpc) is 2.53. The fourth-order valence-corrected chi connectivity index (χ4v) is 3.77. The summed E-state index contributed by atoms with van der Waals surface area (Å²) in [5.41, 5.74) is -0.724. The summed E-state index contributed by atoms with van der Waals surface area (Å²) in [5.74, 6) is 0. The van der Waals surface area contributed by atoms with Crippen LogP contribution in [0.2, 0.25) is 0 Å². The van der Waals surface area contributed by atoms with Crippen LogP contribution in [-0.4, -0.2) is 49.0 Å². The third-order valence-corrected chi connectivity index (χ3v) is 5.11. The van der Waals surface area contributed by atoms with Gasteiger partial charge in [0.15, 0.2) is 0 Å². The van der Waals surface area contributed by atoms with Crippen LogP contribution in [0.25, 0.3) is 0 Å². The molecule has 2 rings (SSSR count). The predicted octanol–water partition coefficient (Wildman–Crippen LogP) is 2.50. The maximum absolute atomic E-state index is 12.6. The van der Waals surface area contributed by atoms with Gasteiger partial charge in [0, 0.05) is 19.2 Å². The van der Waals surface area contributed by atoms with Crippen molar-refractivity contribution in [2.45, 2.75) is 49.5 Å². The molecule has 2 atom stereocenters. The van der Waals surface area contributed by atoms with E-state index in [-0.39, 0.29) is 16.0 Å². The highest BCUT2D eigenvalue weighted by atomic mass is 32.2. The zero-order valence-electron chi connectivity index (χ0n) is 13.9.